The molecule has 0 radical (unpaired) electrons. The number of carboxylic acids is 1. The van der Waals surface area contributed by atoms with E-state index in [1.54, 1.807) is 6.07 Å². The van der Waals surface area contributed by atoms with E-state index in [9.17, 15) is 27.9 Å². The molecule has 1 fully saturated rings. The molecule has 4 N–H and O–H groups in total. The number of benzene rings is 2. The van der Waals surface area contributed by atoms with Gasteiger partial charge < -0.3 is 39.7 Å². The van der Waals surface area contributed by atoms with Gasteiger partial charge in [0.25, 0.3) is 5.91 Å². The van der Waals surface area contributed by atoms with Crippen molar-refractivity contribution in [2.45, 2.75) is 63.6 Å². The second kappa shape index (κ2) is 18.2. The van der Waals surface area contributed by atoms with E-state index in [1.807, 2.05) is 35.2 Å². The molecule has 0 saturated heterocycles. The van der Waals surface area contributed by atoms with Crippen molar-refractivity contribution < 1.29 is 51.8 Å². The zero-order valence-corrected chi connectivity index (χ0v) is 26.8. The molecule has 49 heavy (non-hydrogen) atoms. The second-order valence-corrected chi connectivity index (χ2v) is 11.5. The fourth-order valence-corrected chi connectivity index (χ4v) is 5.62. The summed E-state index contributed by atoms with van der Waals surface area (Å²) in [6, 6.07) is 11.6. The van der Waals surface area contributed by atoms with Gasteiger partial charge in [0.05, 0.1) is 19.6 Å². The first-order valence-electron chi connectivity index (χ1n) is 16.0. The minimum absolute atomic E-state index is 0.00456. The first-order valence-corrected chi connectivity index (χ1v) is 16.0. The van der Waals surface area contributed by atoms with Crippen LogP contribution >= 0.6 is 0 Å². The summed E-state index contributed by atoms with van der Waals surface area (Å²) in [4.78, 5) is 40.0. The number of hydrogen-bond donors (Lipinski definition) is 4. The first kappa shape index (κ1) is 37.1. The second-order valence-electron chi connectivity index (χ2n) is 11.5. The third-order valence-electron chi connectivity index (χ3n) is 8.05. The molecule has 0 unspecified atom stereocenters. The molecule has 2 aromatic carbocycles. The van der Waals surface area contributed by atoms with E-state index >= 15 is 0 Å². The van der Waals surface area contributed by atoms with Crippen LogP contribution in [0.1, 0.15) is 49.7 Å². The lowest BCUT2D eigenvalue weighted by atomic mass is 9.94. The van der Waals surface area contributed by atoms with Crippen LogP contribution in [0, 0.1) is 0 Å². The van der Waals surface area contributed by atoms with Gasteiger partial charge in [0.1, 0.15) is 11.4 Å². The molecule has 0 bridgehead atoms. The van der Waals surface area contributed by atoms with Gasteiger partial charge in [-0.05, 0) is 55.5 Å². The van der Waals surface area contributed by atoms with Crippen LogP contribution in [-0.4, -0.2) is 94.7 Å². The summed E-state index contributed by atoms with van der Waals surface area (Å²) in [5.74, 6) is -1.82. The van der Waals surface area contributed by atoms with Crippen molar-refractivity contribution in [1.29, 1.82) is 0 Å². The maximum absolute atomic E-state index is 13.3. The molecule has 1 saturated carbocycles. The number of carbonyl (C=O) groups excluding carboxylic acids is 2. The number of amides is 2. The number of phenolic OH excluding ortho intramolecular Hbond substituents is 1. The summed E-state index contributed by atoms with van der Waals surface area (Å²) in [6.07, 6.45) is 3.64. The molecule has 3 aromatic rings. The number of aromatic nitrogens is 2. The Bertz CT molecular complexity index is 1530. The van der Waals surface area contributed by atoms with Crippen LogP contribution < -0.4 is 15.4 Å². The van der Waals surface area contributed by atoms with E-state index in [0.29, 0.717) is 63.0 Å². The number of carboxylic acid groups (broad SMARTS) is 1. The van der Waals surface area contributed by atoms with Crippen molar-refractivity contribution in [3.63, 3.8) is 0 Å². The Kier molecular flexibility index (Phi) is 13.8. The number of halogens is 3. The molecular formula is C33H40F3N5O8. The molecular weight excluding hydrogens is 651 g/mol. The average Bonchev–Trinajstić information content (AvgIpc) is 3.63. The van der Waals surface area contributed by atoms with Gasteiger partial charge in [-0.2, -0.15) is 18.2 Å². The monoisotopic (exact) mass is 691 g/mol. The number of nitrogens with one attached hydrogen (secondary N) is 2. The quantitative estimate of drug-likeness (QED) is 0.140. The fraction of sp³-hybridized carbons (Fsp3) is 0.485. The van der Waals surface area contributed by atoms with Gasteiger partial charge in [0, 0.05) is 24.7 Å². The predicted octanol–water partition coefficient (Wildman–Crippen LogP) is 4.35. The Morgan fingerprint density at radius 1 is 1.08 bits per heavy atom. The maximum Gasteiger partial charge on any atom is 0.490 e. The lowest BCUT2D eigenvalue weighted by Gasteiger charge is -2.34. The molecule has 2 heterocycles. The number of nitrogens with zero attached hydrogens (tertiary/aromatic N) is 3. The minimum Gasteiger partial charge on any atom is -0.506 e. The number of aromatic hydroxyl groups is 1. The summed E-state index contributed by atoms with van der Waals surface area (Å²) in [7, 11) is 0. The Balaban J connectivity index is 0.000000698. The normalized spacial score (nSPS) is 14.6. The Hall–Kier alpha value is -4.70. The number of carbonyl (C=O) groups is 3. The molecule has 5 rings (SSSR count). The van der Waals surface area contributed by atoms with Gasteiger partial charge in [-0.1, -0.05) is 48.7 Å². The van der Waals surface area contributed by atoms with Gasteiger partial charge in [-0.15, -0.1) is 0 Å². The highest BCUT2D eigenvalue weighted by atomic mass is 19.4. The van der Waals surface area contributed by atoms with Crippen LogP contribution in [-0.2, 0) is 32.0 Å². The first-order chi connectivity index (χ1) is 23.5. The molecule has 16 heteroatoms. The summed E-state index contributed by atoms with van der Waals surface area (Å²) in [5, 5.41) is 27.2. The zero-order chi connectivity index (χ0) is 35.2. The van der Waals surface area contributed by atoms with E-state index in [-0.39, 0.29) is 30.2 Å². The van der Waals surface area contributed by atoms with Crippen LogP contribution in [0.5, 0.6) is 11.5 Å². The van der Waals surface area contributed by atoms with Crippen molar-refractivity contribution in [1.82, 2.24) is 20.4 Å². The van der Waals surface area contributed by atoms with Crippen molar-refractivity contribution >= 4 is 23.5 Å². The molecule has 266 valence electrons. The zero-order valence-electron chi connectivity index (χ0n) is 26.8. The van der Waals surface area contributed by atoms with Gasteiger partial charge in [-0.3, -0.25) is 9.59 Å². The lowest BCUT2D eigenvalue weighted by molar-refractivity contribution is -0.192. The Morgan fingerprint density at radius 2 is 1.86 bits per heavy atom. The van der Waals surface area contributed by atoms with E-state index in [4.69, 9.17) is 23.9 Å². The number of phenols is 1. The topological polar surface area (TPSA) is 176 Å². The number of aliphatic carboxylic acids is 1. The van der Waals surface area contributed by atoms with Crippen LogP contribution in [0.2, 0.25) is 0 Å². The smallest absolute Gasteiger partial charge is 0.490 e. The number of hydrogen-bond acceptors (Lipinski definition) is 10. The number of rotatable bonds is 14. The van der Waals surface area contributed by atoms with Crippen LogP contribution in [0.15, 0.2) is 47.3 Å². The minimum atomic E-state index is -5.08. The van der Waals surface area contributed by atoms with Crippen LogP contribution in [0.25, 0.3) is 11.4 Å². The summed E-state index contributed by atoms with van der Waals surface area (Å²) in [6.45, 7) is 2.86. The molecule has 0 atom stereocenters. The highest BCUT2D eigenvalue weighted by Crippen LogP contribution is 2.39. The molecule has 1 aliphatic carbocycles. The number of ether oxygens (including phenoxy) is 2. The summed E-state index contributed by atoms with van der Waals surface area (Å²) < 4.78 is 48.0. The SMILES string of the molecule is O=C(O)C(F)(F)F.O=C1COc2c(CCNCCN(C(=O)CCOCCc3cccc(-c4ncon4)c3)C3CCCCC3)ccc(O)c2N1. The van der Waals surface area contributed by atoms with Gasteiger partial charge in [-0.25, -0.2) is 4.79 Å². The van der Waals surface area contributed by atoms with E-state index in [0.717, 1.165) is 48.8 Å². The van der Waals surface area contributed by atoms with Gasteiger partial charge in [0.2, 0.25) is 18.1 Å². The summed E-state index contributed by atoms with van der Waals surface area (Å²) in [5.41, 5.74) is 3.26. The van der Waals surface area contributed by atoms with Crippen molar-refractivity contribution in [2.24, 2.45) is 0 Å². The highest BCUT2D eigenvalue weighted by molar-refractivity contribution is 5.97. The predicted molar refractivity (Wildman–Crippen MR) is 170 cm³/mol. The van der Waals surface area contributed by atoms with Crippen molar-refractivity contribution in [3.05, 3.63) is 53.9 Å². The van der Waals surface area contributed by atoms with Gasteiger partial charge >= 0.3 is 12.1 Å². The number of anilines is 1. The van der Waals surface area contributed by atoms with Crippen LogP contribution in [0.3, 0.4) is 0 Å². The van der Waals surface area contributed by atoms with Gasteiger partial charge in [0.15, 0.2) is 12.4 Å². The Morgan fingerprint density at radius 3 is 2.57 bits per heavy atom. The Labute approximate surface area is 280 Å². The molecule has 13 nitrogen and oxygen atoms in total. The van der Waals surface area contributed by atoms with Crippen molar-refractivity contribution in [3.8, 4) is 22.9 Å². The highest BCUT2D eigenvalue weighted by Gasteiger charge is 2.38. The molecule has 1 aromatic heterocycles. The molecule has 2 aliphatic rings. The average molecular weight is 692 g/mol. The maximum atomic E-state index is 13.3. The molecule has 0 spiro atoms. The number of fused-ring (bicyclic) bond motifs is 1. The standard InChI is InChI=1S/C31H39N5O6.C2HF3O2/c37-26-10-9-23(30-29(26)34-27(38)20-41-30)11-14-32-15-16-36(25-7-2-1-3-8-25)28(39)13-18-40-17-12-22-5-4-6-24(19-22)31-33-21-42-35-31;3-2(4,5)1(6)7/h4-6,9-10,19,21,25,32,37H,1-3,7-8,11-18,20H2,(H,34,38);(H,6,7). The van der Waals surface area contributed by atoms with E-state index in [2.05, 4.69) is 20.8 Å². The van der Waals surface area contributed by atoms with Crippen molar-refractivity contribution in [2.75, 3.05) is 44.8 Å². The summed E-state index contributed by atoms with van der Waals surface area (Å²) >= 11 is 0. The third kappa shape index (κ3) is 11.5. The molecule has 1 aliphatic heterocycles. The van der Waals surface area contributed by atoms with E-state index in [1.165, 1.54) is 12.8 Å². The largest absolute Gasteiger partial charge is 0.506 e. The third-order valence-corrected chi connectivity index (χ3v) is 8.05. The number of alkyl halides is 3. The van der Waals surface area contributed by atoms with E-state index < -0.39 is 12.1 Å². The fourth-order valence-electron chi connectivity index (χ4n) is 5.62. The molecule has 2 amide bonds. The van der Waals surface area contributed by atoms with Crippen LogP contribution in [0.4, 0.5) is 18.9 Å². The lowest BCUT2D eigenvalue weighted by Crippen LogP contribution is -2.45.